The smallest absolute Gasteiger partial charge is 0.313 e. The molecule has 2 rings (SSSR count). The molecule has 22 heavy (non-hydrogen) atoms. The second-order valence-electron chi connectivity index (χ2n) is 5.54. The summed E-state index contributed by atoms with van der Waals surface area (Å²) in [4.78, 5) is 25.7. The molecular weight excluding hydrogens is 309 g/mol. The number of hydrogen-bond acceptors (Lipinski definition) is 3. The fraction of sp³-hybridized carbons (Fsp3) is 0.467. The second-order valence-corrected chi connectivity index (χ2v) is 5.95. The predicted octanol–water partition coefficient (Wildman–Crippen LogP) is 1.88. The van der Waals surface area contributed by atoms with Crippen LogP contribution in [-0.4, -0.2) is 43.4 Å². The zero-order chi connectivity index (χ0) is 16.1. The Labute approximate surface area is 133 Å². The molecule has 1 heterocycles. The van der Waals surface area contributed by atoms with E-state index in [-0.39, 0.29) is 10.7 Å². The predicted molar refractivity (Wildman–Crippen MR) is 83.3 cm³/mol. The molecule has 0 bridgehead atoms. The molecule has 0 aromatic heterocycles. The summed E-state index contributed by atoms with van der Waals surface area (Å²) in [6.07, 6.45) is 2.00. The summed E-state index contributed by atoms with van der Waals surface area (Å²) < 4.78 is 13.3. The van der Waals surface area contributed by atoms with E-state index in [1.807, 2.05) is 0 Å². The number of rotatable bonds is 3. The molecule has 0 saturated carbocycles. The van der Waals surface area contributed by atoms with Crippen LogP contribution in [0.1, 0.15) is 12.8 Å². The van der Waals surface area contributed by atoms with Gasteiger partial charge in [0.25, 0.3) is 0 Å². The van der Waals surface area contributed by atoms with Crippen molar-refractivity contribution in [3.8, 4) is 0 Å². The van der Waals surface area contributed by atoms with Gasteiger partial charge in [-0.15, -0.1) is 0 Å². The van der Waals surface area contributed by atoms with E-state index in [1.54, 1.807) is 0 Å². The van der Waals surface area contributed by atoms with Gasteiger partial charge >= 0.3 is 11.8 Å². The molecular formula is C15H19ClFN3O2. The number of halogens is 2. The van der Waals surface area contributed by atoms with Gasteiger partial charge in [0.15, 0.2) is 0 Å². The Morgan fingerprint density at radius 3 is 2.64 bits per heavy atom. The summed E-state index contributed by atoms with van der Waals surface area (Å²) in [6, 6.07) is 3.83. The first-order valence-electron chi connectivity index (χ1n) is 7.18. The molecule has 0 unspecified atom stereocenters. The SMILES string of the molecule is CN1CCC(CNC(=O)C(=O)Nc2ccc(Cl)c(F)c2)CC1. The number of amides is 2. The molecule has 1 aliphatic rings. The Morgan fingerprint density at radius 1 is 1.32 bits per heavy atom. The zero-order valence-corrected chi connectivity index (χ0v) is 13.1. The number of benzene rings is 1. The van der Waals surface area contributed by atoms with Crippen molar-refractivity contribution in [1.82, 2.24) is 10.2 Å². The van der Waals surface area contributed by atoms with Crippen molar-refractivity contribution < 1.29 is 14.0 Å². The Hall–Kier alpha value is -1.66. The molecule has 0 radical (unpaired) electrons. The van der Waals surface area contributed by atoms with Crippen LogP contribution in [0.3, 0.4) is 0 Å². The van der Waals surface area contributed by atoms with Crippen LogP contribution in [-0.2, 0) is 9.59 Å². The summed E-state index contributed by atoms with van der Waals surface area (Å²) in [5.41, 5.74) is 0.196. The van der Waals surface area contributed by atoms with Crippen LogP contribution in [0.15, 0.2) is 18.2 Å². The van der Waals surface area contributed by atoms with Crippen molar-refractivity contribution in [2.24, 2.45) is 5.92 Å². The molecule has 0 atom stereocenters. The van der Waals surface area contributed by atoms with Crippen molar-refractivity contribution in [3.05, 3.63) is 29.0 Å². The monoisotopic (exact) mass is 327 g/mol. The van der Waals surface area contributed by atoms with Gasteiger partial charge in [0.1, 0.15) is 5.82 Å². The van der Waals surface area contributed by atoms with E-state index in [1.165, 1.54) is 12.1 Å². The van der Waals surface area contributed by atoms with Crippen molar-refractivity contribution in [3.63, 3.8) is 0 Å². The average molecular weight is 328 g/mol. The normalized spacial score (nSPS) is 16.3. The van der Waals surface area contributed by atoms with Crippen molar-refractivity contribution in [1.29, 1.82) is 0 Å². The highest BCUT2D eigenvalue weighted by Crippen LogP contribution is 2.18. The maximum Gasteiger partial charge on any atom is 0.313 e. The van der Waals surface area contributed by atoms with Crippen molar-refractivity contribution in [2.45, 2.75) is 12.8 Å². The fourth-order valence-electron chi connectivity index (χ4n) is 2.35. The van der Waals surface area contributed by atoms with Crippen LogP contribution in [0.4, 0.5) is 10.1 Å². The molecule has 120 valence electrons. The van der Waals surface area contributed by atoms with Gasteiger partial charge in [0.2, 0.25) is 0 Å². The van der Waals surface area contributed by atoms with Gasteiger partial charge in [-0.2, -0.15) is 0 Å². The third-order valence-corrected chi connectivity index (χ3v) is 4.08. The highest BCUT2D eigenvalue weighted by Gasteiger charge is 2.19. The highest BCUT2D eigenvalue weighted by atomic mass is 35.5. The summed E-state index contributed by atoms with van der Waals surface area (Å²) >= 11 is 5.56. The molecule has 2 N–H and O–H groups in total. The molecule has 2 amide bonds. The van der Waals surface area contributed by atoms with Crippen molar-refractivity contribution >= 4 is 29.1 Å². The molecule has 1 aromatic carbocycles. The van der Waals surface area contributed by atoms with Gasteiger partial charge in [-0.05, 0) is 57.1 Å². The topological polar surface area (TPSA) is 61.4 Å². The number of anilines is 1. The Balaban J connectivity index is 1.79. The highest BCUT2D eigenvalue weighted by molar-refractivity contribution is 6.39. The Kier molecular flexibility index (Phi) is 5.74. The zero-order valence-electron chi connectivity index (χ0n) is 12.4. The maximum atomic E-state index is 13.3. The quantitative estimate of drug-likeness (QED) is 0.833. The minimum atomic E-state index is -0.811. The first-order valence-corrected chi connectivity index (χ1v) is 7.56. The minimum Gasteiger partial charge on any atom is -0.348 e. The van der Waals surface area contributed by atoms with Gasteiger partial charge in [-0.25, -0.2) is 4.39 Å². The largest absolute Gasteiger partial charge is 0.348 e. The molecule has 7 heteroatoms. The van der Waals surface area contributed by atoms with E-state index in [0.29, 0.717) is 12.5 Å². The van der Waals surface area contributed by atoms with E-state index in [4.69, 9.17) is 11.6 Å². The van der Waals surface area contributed by atoms with Crippen LogP contribution >= 0.6 is 11.6 Å². The van der Waals surface area contributed by atoms with E-state index in [2.05, 4.69) is 22.6 Å². The van der Waals surface area contributed by atoms with Gasteiger partial charge in [0.05, 0.1) is 5.02 Å². The maximum absolute atomic E-state index is 13.3. The number of nitrogens with one attached hydrogen (secondary N) is 2. The van der Waals surface area contributed by atoms with E-state index in [9.17, 15) is 14.0 Å². The molecule has 0 spiro atoms. The standard InChI is InChI=1S/C15H19ClFN3O2/c1-20-6-4-10(5-7-20)9-18-14(21)15(22)19-11-2-3-12(16)13(17)8-11/h2-3,8,10H,4-7,9H2,1H3,(H,18,21)(H,19,22). The van der Waals surface area contributed by atoms with E-state index >= 15 is 0 Å². The summed E-state index contributed by atoms with van der Waals surface area (Å²) in [7, 11) is 2.06. The number of nitrogens with zero attached hydrogens (tertiary/aromatic N) is 1. The lowest BCUT2D eigenvalue weighted by atomic mass is 9.97. The molecule has 5 nitrogen and oxygen atoms in total. The van der Waals surface area contributed by atoms with E-state index < -0.39 is 17.6 Å². The van der Waals surface area contributed by atoms with Gasteiger partial charge in [-0.3, -0.25) is 9.59 Å². The van der Waals surface area contributed by atoms with Crippen molar-refractivity contribution in [2.75, 3.05) is 32.0 Å². The Bertz CT molecular complexity index is 560. The summed E-state index contributed by atoms with van der Waals surface area (Å²) in [6.45, 7) is 2.47. The van der Waals surface area contributed by atoms with Gasteiger partial charge in [0, 0.05) is 12.2 Å². The van der Waals surface area contributed by atoms with Crippen LogP contribution in [0.5, 0.6) is 0 Å². The number of carbonyl (C=O) groups excluding carboxylic acids is 2. The molecule has 1 saturated heterocycles. The van der Waals surface area contributed by atoms with Crippen LogP contribution < -0.4 is 10.6 Å². The van der Waals surface area contributed by atoms with E-state index in [0.717, 1.165) is 32.0 Å². The van der Waals surface area contributed by atoms with Crippen LogP contribution in [0, 0.1) is 11.7 Å². The molecule has 1 aliphatic heterocycles. The lowest BCUT2D eigenvalue weighted by Crippen LogP contribution is -2.41. The second kappa shape index (κ2) is 7.56. The number of piperidine rings is 1. The first kappa shape index (κ1) is 16.7. The number of likely N-dealkylation sites (tertiary alicyclic amines) is 1. The molecule has 1 aromatic rings. The van der Waals surface area contributed by atoms with Gasteiger partial charge in [-0.1, -0.05) is 11.6 Å². The van der Waals surface area contributed by atoms with Crippen LogP contribution in [0.2, 0.25) is 5.02 Å². The lowest BCUT2D eigenvalue weighted by molar-refractivity contribution is -0.136. The number of carbonyl (C=O) groups is 2. The lowest BCUT2D eigenvalue weighted by Gasteiger charge is -2.28. The summed E-state index contributed by atoms with van der Waals surface area (Å²) in [5.74, 6) is -1.78. The summed E-state index contributed by atoms with van der Waals surface area (Å²) in [5, 5.41) is 4.93. The first-order chi connectivity index (χ1) is 10.5. The Morgan fingerprint density at radius 2 is 2.00 bits per heavy atom. The van der Waals surface area contributed by atoms with Crippen LogP contribution in [0.25, 0.3) is 0 Å². The third-order valence-electron chi connectivity index (χ3n) is 3.77. The molecule has 0 aliphatic carbocycles. The molecule has 1 fully saturated rings. The third kappa shape index (κ3) is 4.68. The average Bonchev–Trinajstić information content (AvgIpc) is 2.50. The van der Waals surface area contributed by atoms with Gasteiger partial charge < -0.3 is 15.5 Å². The number of hydrogen-bond donors (Lipinski definition) is 2. The fourth-order valence-corrected chi connectivity index (χ4v) is 2.46. The minimum absolute atomic E-state index is 0.0373.